The van der Waals surface area contributed by atoms with Crippen molar-refractivity contribution in [2.45, 2.75) is 25.9 Å². The van der Waals surface area contributed by atoms with E-state index >= 15 is 0 Å². The number of fused-ring (bicyclic) bond motifs is 1. The molecule has 24 heavy (non-hydrogen) atoms. The molecule has 2 N–H and O–H groups in total. The first-order valence-electron chi connectivity index (χ1n) is 7.76. The molecule has 3 heterocycles. The zero-order chi connectivity index (χ0) is 17.2. The molecule has 0 amide bonds. The summed E-state index contributed by atoms with van der Waals surface area (Å²) in [5.41, 5.74) is 3.45. The van der Waals surface area contributed by atoms with Gasteiger partial charge in [-0.2, -0.15) is 0 Å². The minimum absolute atomic E-state index is 0.604. The van der Waals surface area contributed by atoms with Crippen molar-refractivity contribution < 1.29 is 5.11 Å². The molecule has 1 aliphatic heterocycles. The van der Waals surface area contributed by atoms with Crippen LogP contribution in [0.15, 0.2) is 42.0 Å². The van der Waals surface area contributed by atoms with Crippen molar-refractivity contribution in [3.8, 4) is 11.8 Å². The van der Waals surface area contributed by atoms with Crippen LogP contribution in [0.4, 0.5) is 5.82 Å². The lowest BCUT2D eigenvalue weighted by molar-refractivity contribution is 0.143. The number of aromatic nitrogens is 2. The van der Waals surface area contributed by atoms with Gasteiger partial charge in [0.2, 0.25) is 0 Å². The van der Waals surface area contributed by atoms with Crippen LogP contribution in [0.5, 0.6) is 0 Å². The number of H-pyrrole nitrogens is 1. The number of rotatable bonds is 2. The van der Waals surface area contributed by atoms with E-state index in [0.29, 0.717) is 5.69 Å². The fourth-order valence-electron chi connectivity index (χ4n) is 2.43. The molecule has 0 aromatic carbocycles. The first-order valence-corrected chi connectivity index (χ1v) is 7.76. The van der Waals surface area contributed by atoms with Crippen LogP contribution < -0.4 is 0 Å². The molecule has 0 saturated heterocycles. The van der Waals surface area contributed by atoms with Gasteiger partial charge in [-0.3, -0.25) is 0 Å². The quantitative estimate of drug-likeness (QED) is 0.833. The van der Waals surface area contributed by atoms with Gasteiger partial charge in [-0.25, -0.2) is 9.98 Å². The monoisotopic (exact) mass is 317 g/mol. The maximum Gasteiger partial charge on any atom is 0.133 e. The van der Waals surface area contributed by atoms with Crippen molar-refractivity contribution in [1.29, 1.82) is 0 Å². The van der Waals surface area contributed by atoms with E-state index in [9.17, 15) is 5.11 Å². The maximum atomic E-state index is 9.71. The molecular formula is C20H19N3O. The molecule has 0 unspecified atom stereocenters. The molecular weight excluding hydrogens is 298 g/mol. The standard InChI is InChI=1S/C20H19N3O/c1-4-18-17(8-7-16(23-18)9-11-20(2,3)24)15-6-5-14-10-12-21-19(14)22-13-15/h4,6-8,10,12-13,21,24H,1,5H2,2-3H3. The van der Waals surface area contributed by atoms with Crippen molar-refractivity contribution in [1.82, 2.24) is 9.97 Å². The van der Waals surface area contributed by atoms with Crippen LogP contribution in [-0.2, 0) is 6.42 Å². The Kier molecular flexibility index (Phi) is 4.20. The average molecular weight is 317 g/mol. The van der Waals surface area contributed by atoms with Gasteiger partial charge in [-0.15, -0.1) is 0 Å². The van der Waals surface area contributed by atoms with Crippen molar-refractivity contribution in [3.05, 3.63) is 59.6 Å². The van der Waals surface area contributed by atoms with E-state index in [2.05, 4.69) is 39.5 Å². The molecule has 4 nitrogen and oxygen atoms in total. The van der Waals surface area contributed by atoms with Crippen LogP contribution in [-0.4, -0.2) is 26.9 Å². The molecule has 3 rings (SSSR count). The molecule has 4 heteroatoms. The van der Waals surface area contributed by atoms with E-state index < -0.39 is 5.60 Å². The van der Waals surface area contributed by atoms with E-state index in [1.54, 1.807) is 19.9 Å². The number of hydrogen-bond acceptors (Lipinski definition) is 3. The van der Waals surface area contributed by atoms with Crippen molar-refractivity contribution >= 4 is 23.7 Å². The second-order valence-electron chi connectivity index (χ2n) is 6.12. The normalized spacial score (nSPS) is 13.4. The summed E-state index contributed by atoms with van der Waals surface area (Å²) in [5.74, 6) is 6.56. The van der Waals surface area contributed by atoms with Gasteiger partial charge in [0.15, 0.2) is 0 Å². The third kappa shape index (κ3) is 3.53. The maximum absolute atomic E-state index is 9.71. The fourth-order valence-corrected chi connectivity index (χ4v) is 2.43. The van der Waals surface area contributed by atoms with Crippen LogP contribution in [0.25, 0.3) is 11.6 Å². The van der Waals surface area contributed by atoms with Gasteiger partial charge in [0, 0.05) is 18.0 Å². The zero-order valence-corrected chi connectivity index (χ0v) is 13.8. The van der Waals surface area contributed by atoms with Gasteiger partial charge in [0.05, 0.1) is 5.69 Å². The Morgan fingerprint density at radius 1 is 1.33 bits per heavy atom. The summed E-state index contributed by atoms with van der Waals surface area (Å²) < 4.78 is 0. The Labute approximate surface area is 141 Å². The van der Waals surface area contributed by atoms with Crippen molar-refractivity contribution in [2.75, 3.05) is 0 Å². The summed E-state index contributed by atoms with van der Waals surface area (Å²) in [7, 11) is 0. The van der Waals surface area contributed by atoms with E-state index in [1.165, 1.54) is 5.56 Å². The third-order valence-electron chi connectivity index (χ3n) is 3.61. The topological polar surface area (TPSA) is 61.3 Å². The van der Waals surface area contributed by atoms with Crippen molar-refractivity contribution in [3.63, 3.8) is 0 Å². The van der Waals surface area contributed by atoms with Gasteiger partial charge in [-0.1, -0.05) is 18.6 Å². The minimum atomic E-state index is -1.04. The first-order chi connectivity index (χ1) is 11.5. The molecule has 0 radical (unpaired) electrons. The molecule has 0 saturated carbocycles. The molecule has 1 aliphatic rings. The first kappa shape index (κ1) is 16.0. The average Bonchev–Trinajstić information content (AvgIpc) is 2.91. The summed E-state index contributed by atoms with van der Waals surface area (Å²) in [6.07, 6.45) is 8.39. The summed E-state index contributed by atoms with van der Waals surface area (Å²) in [6, 6.07) is 5.85. The number of nitrogens with zero attached hydrogens (tertiary/aromatic N) is 2. The lowest BCUT2D eigenvalue weighted by Crippen LogP contribution is -2.14. The number of nitrogens with one attached hydrogen (secondary N) is 1. The number of aromatic amines is 1. The second kappa shape index (κ2) is 6.31. The van der Waals surface area contributed by atoms with E-state index in [1.807, 2.05) is 30.6 Å². The minimum Gasteiger partial charge on any atom is -0.378 e. The molecule has 0 spiro atoms. The van der Waals surface area contributed by atoms with E-state index in [-0.39, 0.29) is 0 Å². The molecule has 0 bridgehead atoms. The van der Waals surface area contributed by atoms with Crippen LogP contribution in [0.2, 0.25) is 0 Å². The van der Waals surface area contributed by atoms with Crippen LogP contribution in [0.3, 0.4) is 0 Å². The molecule has 2 aromatic rings. The number of aliphatic imine (C=N–C) groups is 1. The highest BCUT2D eigenvalue weighted by Crippen LogP contribution is 2.26. The second-order valence-corrected chi connectivity index (χ2v) is 6.12. The largest absolute Gasteiger partial charge is 0.378 e. The number of allylic oxidation sites excluding steroid dienone is 2. The van der Waals surface area contributed by atoms with E-state index in [0.717, 1.165) is 29.1 Å². The lowest BCUT2D eigenvalue weighted by Gasteiger charge is -2.08. The number of hydrogen-bond donors (Lipinski definition) is 2. The summed E-state index contributed by atoms with van der Waals surface area (Å²) in [6.45, 7) is 7.14. The molecule has 2 aromatic heterocycles. The SMILES string of the molecule is C=Cc1nc(C#CC(C)(C)O)ccc1C1=CCc2cc[nH]c2N=C1. The fraction of sp³-hybridized carbons (Fsp3) is 0.200. The van der Waals surface area contributed by atoms with Gasteiger partial charge in [0.25, 0.3) is 0 Å². The highest BCUT2D eigenvalue weighted by Gasteiger charge is 2.11. The van der Waals surface area contributed by atoms with Gasteiger partial charge in [0.1, 0.15) is 17.1 Å². The van der Waals surface area contributed by atoms with Gasteiger partial charge >= 0.3 is 0 Å². The molecule has 0 aliphatic carbocycles. The predicted octanol–water partition coefficient (Wildman–Crippen LogP) is 3.52. The Morgan fingerprint density at radius 2 is 2.17 bits per heavy atom. The molecule has 0 fully saturated rings. The summed E-state index contributed by atoms with van der Waals surface area (Å²) in [4.78, 5) is 12.2. The van der Waals surface area contributed by atoms with Gasteiger partial charge in [-0.05, 0) is 61.6 Å². The van der Waals surface area contributed by atoms with Crippen LogP contribution >= 0.6 is 0 Å². The number of aliphatic hydroxyl groups is 1. The summed E-state index contributed by atoms with van der Waals surface area (Å²) >= 11 is 0. The van der Waals surface area contributed by atoms with Crippen LogP contribution in [0.1, 0.15) is 36.4 Å². The Balaban J connectivity index is 1.95. The number of pyridine rings is 1. The Bertz CT molecular complexity index is 899. The lowest BCUT2D eigenvalue weighted by atomic mass is 10.0. The zero-order valence-electron chi connectivity index (χ0n) is 13.8. The smallest absolute Gasteiger partial charge is 0.133 e. The van der Waals surface area contributed by atoms with Crippen LogP contribution in [0, 0.1) is 11.8 Å². The van der Waals surface area contributed by atoms with E-state index in [4.69, 9.17) is 0 Å². The summed E-state index contributed by atoms with van der Waals surface area (Å²) in [5, 5.41) is 9.71. The molecule has 120 valence electrons. The molecule has 0 atom stereocenters. The Morgan fingerprint density at radius 3 is 2.92 bits per heavy atom. The highest BCUT2D eigenvalue weighted by atomic mass is 16.3. The van der Waals surface area contributed by atoms with Crippen molar-refractivity contribution in [2.24, 2.45) is 4.99 Å². The predicted molar refractivity (Wildman–Crippen MR) is 98.1 cm³/mol. The van der Waals surface area contributed by atoms with Gasteiger partial charge < -0.3 is 10.1 Å². The Hall–Kier alpha value is -2.90. The highest BCUT2D eigenvalue weighted by molar-refractivity contribution is 6.12. The third-order valence-corrected chi connectivity index (χ3v) is 3.61.